The fraction of sp³-hybridized carbons (Fsp3) is 0.391. The molecule has 0 unspecified atom stereocenters. The molecule has 0 aliphatic carbocycles. The Balaban J connectivity index is 2.04. The van der Waals surface area contributed by atoms with Gasteiger partial charge in [-0.1, -0.05) is 11.8 Å². The minimum Gasteiger partial charge on any atom is -0.494 e. The van der Waals surface area contributed by atoms with Crippen molar-refractivity contribution in [1.82, 2.24) is 14.8 Å². The maximum atomic E-state index is 5.62. The van der Waals surface area contributed by atoms with Gasteiger partial charge < -0.3 is 28.4 Å². The topological polar surface area (TPSA) is 86.1 Å². The minimum absolute atomic E-state index is 0.410. The second-order valence-corrected chi connectivity index (χ2v) is 7.54. The Kier molecular flexibility index (Phi) is 9.23. The van der Waals surface area contributed by atoms with E-state index in [0.717, 1.165) is 17.0 Å². The molecule has 0 bridgehead atoms. The molecule has 9 nitrogen and oxygen atoms in total. The first-order valence-electron chi connectivity index (χ1n) is 10.3. The molecule has 3 aromatic rings. The van der Waals surface area contributed by atoms with Crippen LogP contribution in [0.4, 0.5) is 0 Å². The van der Waals surface area contributed by atoms with Crippen LogP contribution in [0.1, 0.15) is 6.92 Å². The Labute approximate surface area is 197 Å². The first-order valence-corrected chi connectivity index (χ1v) is 11.3. The van der Waals surface area contributed by atoms with Gasteiger partial charge in [-0.15, -0.1) is 10.2 Å². The Hall–Kier alpha value is -2.95. The van der Waals surface area contributed by atoms with Crippen molar-refractivity contribution in [1.29, 1.82) is 0 Å². The van der Waals surface area contributed by atoms with Crippen LogP contribution in [-0.4, -0.2) is 69.0 Å². The fourth-order valence-electron chi connectivity index (χ4n) is 3.15. The van der Waals surface area contributed by atoms with Crippen molar-refractivity contribution in [2.75, 3.05) is 54.2 Å². The molecule has 0 saturated heterocycles. The molecule has 0 atom stereocenters. The van der Waals surface area contributed by atoms with Gasteiger partial charge in [0.15, 0.2) is 22.5 Å². The molecule has 33 heavy (non-hydrogen) atoms. The van der Waals surface area contributed by atoms with E-state index in [9.17, 15) is 0 Å². The number of thioether (sulfide) groups is 1. The smallest absolute Gasteiger partial charge is 0.203 e. The van der Waals surface area contributed by atoms with Crippen LogP contribution in [0.3, 0.4) is 0 Å². The first kappa shape index (κ1) is 24.7. The van der Waals surface area contributed by atoms with E-state index >= 15 is 0 Å². The number of benzene rings is 2. The van der Waals surface area contributed by atoms with E-state index in [4.69, 9.17) is 28.4 Å². The number of nitrogens with zero attached hydrogens (tertiary/aromatic N) is 3. The quantitative estimate of drug-likeness (QED) is 0.206. The van der Waals surface area contributed by atoms with Crippen molar-refractivity contribution in [3.8, 4) is 40.1 Å². The third-order valence-electron chi connectivity index (χ3n) is 4.67. The fourth-order valence-corrected chi connectivity index (χ4v) is 3.87. The van der Waals surface area contributed by atoms with Crippen LogP contribution < -0.4 is 18.9 Å². The summed E-state index contributed by atoms with van der Waals surface area (Å²) in [6.45, 7) is 3.58. The summed E-state index contributed by atoms with van der Waals surface area (Å²) in [5, 5.41) is 9.57. The van der Waals surface area contributed by atoms with Crippen molar-refractivity contribution < 1.29 is 28.4 Å². The minimum atomic E-state index is 0.410. The zero-order valence-corrected chi connectivity index (χ0v) is 20.3. The van der Waals surface area contributed by atoms with Crippen LogP contribution >= 0.6 is 11.8 Å². The van der Waals surface area contributed by atoms with Crippen molar-refractivity contribution in [2.24, 2.45) is 0 Å². The van der Waals surface area contributed by atoms with Crippen LogP contribution in [0, 0.1) is 0 Å². The summed E-state index contributed by atoms with van der Waals surface area (Å²) in [5.74, 6) is 3.40. The van der Waals surface area contributed by atoms with Gasteiger partial charge in [-0.3, -0.25) is 4.57 Å². The second kappa shape index (κ2) is 12.3. The highest BCUT2D eigenvalue weighted by Crippen LogP contribution is 2.41. The van der Waals surface area contributed by atoms with Gasteiger partial charge in [-0.2, -0.15) is 0 Å². The molecule has 3 rings (SSSR count). The van der Waals surface area contributed by atoms with Gasteiger partial charge in [-0.25, -0.2) is 0 Å². The van der Waals surface area contributed by atoms with Gasteiger partial charge in [0.1, 0.15) is 5.75 Å². The Bertz CT molecular complexity index is 1000. The molecule has 0 fully saturated rings. The average Bonchev–Trinajstić information content (AvgIpc) is 3.27. The van der Waals surface area contributed by atoms with E-state index < -0.39 is 0 Å². The van der Waals surface area contributed by atoms with Gasteiger partial charge in [0.25, 0.3) is 0 Å². The molecule has 0 amide bonds. The molecule has 1 aromatic heterocycles. The summed E-state index contributed by atoms with van der Waals surface area (Å²) in [6.07, 6.45) is 0. The monoisotopic (exact) mass is 475 g/mol. The average molecular weight is 476 g/mol. The maximum absolute atomic E-state index is 5.62. The van der Waals surface area contributed by atoms with E-state index in [1.165, 1.54) is 11.8 Å². The number of hydrogen-bond acceptors (Lipinski definition) is 9. The van der Waals surface area contributed by atoms with Crippen molar-refractivity contribution in [2.45, 2.75) is 12.1 Å². The predicted molar refractivity (Wildman–Crippen MR) is 126 cm³/mol. The lowest BCUT2D eigenvalue weighted by atomic mass is 10.1. The van der Waals surface area contributed by atoms with Crippen molar-refractivity contribution in [3.63, 3.8) is 0 Å². The standard InChI is InChI=1S/C23H29N3O6S/c1-6-32-18-9-7-17(8-10-18)26-22(24-25-23(26)33-15-31-12-11-27-2)16-13-19(28-3)21(30-5)20(14-16)29-4/h7-10,13-14H,6,11-12,15H2,1-5H3. The maximum Gasteiger partial charge on any atom is 0.203 e. The lowest BCUT2D eigenvalue weighted by molar-refractivity contribution is 0.0952. The molecule has 178 valence electrons. The highest BCUT2D eigenvalue weighted by Gasteiger charge is 2.21. The molecule has 1 heterocycles. The van der Waals surface area contributed by atoms with Crippen molar-refractivity contribution >= 4 is 11.8 Å². The normalized spacial score (nSPS) is 10.8. The van der Waals surface area contributed by atoms with Crippen LogP contribution in [-0.2, 0) is 9.47 Å². The van der Waals surface area contributed by atoms with Gasteiger partial charge in [0.2, 0.25) is 5.75 Å². The number of rotatable bonds is 13. The molecule has 2 aromatic carbocycles. The van der Waals surface area contributed by atoms with Crippen LogP contribution in [0.2, 0.25) is 0 Å². The molecule has 0 spiro atoms. The highest BCUT2D eigenvalue weighted by atomic mass is 32.2. The van der Waals surface area contributed by atoms with Gasteiger partial charge in [0, 0.05) is 18.4 Å². The van der Waals surface area contributed by atoms with E-state index in [2.05, 4.69) is 10.2 Å². The summed E-state index contributed by atoms with van der Waals surface area (Å²) in [7, 11) is 6.37. The Morgan fingerprint density at radius 1 is 0.879 bits per heavy atom. The largest absolute Gasteiger partial charge is 0.494 e. The van der Waals surface area contributed by atoms with E-state index in [1.54, 1.807) is 28.4 Å². The molecule has 10 heteroatoms. The van der Waals surface area contributed by atoms with Gasteiger partial charge >= 0.3 is 0 Å². The third-order valence-corrected chi connectivity index (χ3v) is 5.47. The number of hydrogen-bond donors (Lipinski definition) is 0. The van der Waals surface area contributed by atoms with Crippen LogP contribution in [0.15, 0.2) is 41.6 Å². The first-order chi connectivity index (χ1) is 16.2. The summed E-state index contributed by atoms with van der Waals surface area (Å²) in [5.41, 5.74) is 1.64. The Morgan fingerprint density at radius 3 is 2.15 bits per heavy atom. The van der Waals surface area contributed by atoms with Crippen molar-refractivity contribution in [3.05, 3.63) is 36.4 Å². The molecule has 0 aliphatic rings. The number of ether oxygens (including phenoxy) is 6. The van der Waals surface area contributed by atoms with E-state index in [-0.39, 0.29) is 0 Å². The summed E-state index contributed by atoms with van der Waals surface area (Å²) in [6, 6.07) is 11.5. The second-order valence-electron chi connectivity index (χ2n) is 6.65. The van der Waals surface area contributed by atoms with Gasteiger partial charge in [0.05, 0.1) is 47.1 Å². The molecule has 0 saturated carbocycles. The molecule has 0 aliphatic heterocycles. The SMILES string of the molecule is CCOc1ccc(-n2c(SCOCCOC)nnc2-c2cc(OC)c(OC)c(OC)c2)cc1. The molecular formula is C23H29N3O6S. The Morgan fingerprint density at radius 2 is 1.58 bits per heavy atom. The van der Waals surface area contributed by atoms with Crippen LogP contribution in [0.5, 0.6) is 23.0 Å². The number of aromatic nitrogens is 3. The summed E-state index contributed by atoms with van der Waals surface area (Å²) < 4.78 is 34.7. The summed E-state index contributed by atoms with van der Waals surface area (Å²) >= 11 is 1.44. The molecular weight excluding hydrogens is 446 g/mol. The zero-order valence-electron chi connectivity index (χ0n) is 19.5. The molecule has 0 radical (unpaired) electrons. The lowest BCUT2D eigenvalue weighted by Gasteiger charge is -2.15. The predicted octanol–water partition coefficient (Wildman–Crippen LogP) is 4.07. The number of methoxy groups -OCH3 is 4. The van der Waals surface area contributed by atoms with Crippen LogP contribution in [0.25, 0.3) is 17.1 Å². The van der Waals surface area contributed by atoms with Gasteiger partial charge in [-0.05, 0) is 43.3 Å². The summed E-state index contributed by atoms with van der Waals surface area (Å²) in [4.78, 5) is 0. The molecule has 0 N–H and O–H groups in total. The zero-order chi connectivity index (χ0) is 23.6. The van der Waals surface area contributed by atoms with E-state index in [0.29, 0.717) is 54.0 Å². The third kappa shape index (κ3) is 5.89. The highest BCUT2D eigenvalue weighted by molar-refractivity contribution is 7.99. The lowest BCUT2D eigenvalue weighted by Crippen LogP contribution is -2.04. The van der Waals surface area contributed by atoms with E-state index in [1.807, 2.05) is 47.9 Å².